The summed E-state index contributed by atoms with van der Waals surface area (Å²) in [5, 5.41) is 17.6. The SMILES string of the molecule is C[C@@]1(c2ccn(C(F)F)n2)C[C@@H](C(=O)Nc2cnc(-n3nccn3)c(C(F)(F)F)c2)c2cnc3cc(F)nn3c21. The van der Waals surface area contributed by atoms with Crippen LogP contribution in [0.25, 0.3) is 11.5 Å². The first-order valence-electron chi connectivity index (χ1n) is 11.6. The van der Waals surface area contributed by atoms with Crippen molar-refractivity contribution in [3.8, 4) is 5.82 Å². The fraction of sp³-hybridized carbons (Fsp3) is 0.261. The molecule has 2 atom stereocenters. The van der Waals surface area contributed by atoms with Gasteiger partial charge in [0.2, 0.25) is 11.9 Å². The Kier molecular flexibility index (Phi) is 5.63. The zero-order valence-corrected chi connectivity index (χ0v) is 20.2. The molecular weight excluding hydrogens is 546 g/mol. The van der Waals surface area contributed by atoms with E-state index in [1.807, 2.05) is 0 Å². The van der Waals surface area contributed by atoms with Gasteiger partial charge in [0.1, 0.15) is 5.56 Å². The van der Waals surface area contributed by atoms with E-state index in [2.05, 4.69) is 35.7 Å². The van der Waals surface area contributed by atoms with Gasteiger partial charge >= 0.3 is 12.7 Å². The molecule has 1 aliphatic carbocycles. The van der Waals surface area contributed by atoms with Crippen molar-refractivity contribution in [3.63, 3.8) is 0 Å². The van der Waals surface area contributed by atoms with Gasteiger partial charge in [-0.2, -0.15) is 41.6 Å². The number of nitrogens with one attached hydrogen (secondary N) is 1. The van der Waals surface area contributed by atoms with E-state index in [9.17, 15) is 31.1 Å². The molecule has 0 unspecified atom stereocenters. The lowest BCUT2D eigenvalue weighted by Crippen LogP contribution is -2.26. The summed E-state index contributed by atoms with van der Waals surface area (Å²) >= 11 is 0. The van der Waals surface area contributed by atoms with Crippen LogP contribution < -0.4 is 5.32 Å². The summed E-state index contributed by atoms with van der Waals surface area (Å²) in [6.07, 6.45) is 0.900. The van der Waals surface area contributed by atoms with Crippen molar-refractivity contribution in [3.05, 3.63) is 77.6 Å². The number of amides is 1. The first-order valence-corrected chi connectivity index (χ1v) is 11.6. The molecule has 1 aliphatic rings. The number of pyridine rings is 1. The summed E-state index contributed by atoms with van der Waals surface area (Å²) in [7, 11) is 0. The van der Waals surface area contributed by atoms with Crippen molar-refractivity contribution in [2.45, 2.75) is 37.4 Å². The summed E-state index contributed by atoms with van der Waals surface area (Å²) in [6.45, 7) is -1.29. The van der Waals surface area contributed by atoms with Gasteiger partial charge in [-0.15, -0.1) is 9.90 Å². The maximum atomic E-state index is 14.1. The van der Waals surface area contributed by atoms with Crippen LogP contribution in [-0.2, 0) is 16.4 Å². The standard InChI is InChI=1S/C23H16F6N10O/c1-22(15-2-5-37(35-15)21(25)26)8-12(13-10-30-17-7-16(24)36-38(17)18(13)22)20(40)34-11-6-14(23(27,28)29)19(31-9-11)39-32-3-4-33-39/h2-7,9-10,12,21H,8H2,1H3,(H,34,40)/t12-,22+/m1/s1. The number of aromatic nitrogens is 9. The molecule has 0 saturated carbocycles. The largest absolute Gasteiger partial charge is 0.420 e. The Bertz CT molecular complexity index is 1740. The number of fused-ring (bicyclic) bond motifs is 3. The maximum Gasteiger partial charge on any atom is 0.420 e. The highest BCUT2D eigenvalue weighted by molar-refractivity contribution is 5.97. The van der Waals surface area contributed by atoms with Crippen molar-refractivity contribution < 1.29 is 31.1 Å². The fourth-order valence-electron chi connectivity index (χ4n) is 4.99. The highest BCUT2D eigenvalue weighted by Crippen LogP contribution is 2.49. The van der Waals surface area contributed by atoms with E-state index in [0.29, 0.717) is 15.5 Å². The van der Waals surface area contributed by atoms with Gasteiger partial charge in [0, 0.05) is 24.0 Å². The first kappa shape index (κ1) is 25.4. The number of hydrogen-bond acceptors (Lipinski definition) is 7. The number of carbonyl (C=O) groups excluding carboxylic acids is 1. The van der Waals surface area contributed by atoms with Gasteiger partial charge in [-0.25, -0.2) is 19.2 Å². The number of hydrogen-bond donors (Lipinski definition) is 1. The number of carbonyl (C=O) groups is 1. The quantitative estimate of drug-likeness (QED) is 0.323. The smallest absolute Gasteiger partial charge is 0.324 e. The molecule has 17 heteroatoms. The molecule has 5 heterocycles. The van der Waals surface area contributed by atoms with E-state index >= 15 is 0 Å². The Morgan fingerprint density at radius 3 is 2.55 bits per heavy atom. The number of nitrogens with zero attached hydrogens (tertiary/aromatic N) is 9. The maximum absolute atomic E-state index is 14.1. The minimum Gasteiger partial charge on any atom is -0.324 e. The van der Waals surface area contributed by atoms with Gasteiger partial charge in [-0.05, 0) is 25.5 Å². The summed E-state index contributed by atoms with van der Waals surface area (Å²) < 4.78 is 83.7. The van der Waals surface area contributed by atoms with Crippen LogP contribution in [0, 0.1) is 5.95 Å². The van der Waals surface area contributed by atoms with Crippen LogP contribution in [0.1, 0.15) is 48.3 Å². The van der Waals surface area contributed by atoms with E-state index in [-0.39, 0.29) is 34.7 Å². The van der Waals surface area contributed by atoms with E-state index < -0.39 is 47.3 Å². The third kappa shape index (κ3) is 4.04. The van der Waals surface area contributed by atoms with Crippen molar-refractivity contribution in [1.82, 2.24) is 44.4 Å². The first-order chi connectivity index (χ1) is 19.0. The Balaban J connectivity index is 1.40. The fourth-order valence-corrected chi connectivity index (χ4v) is 4.99. The Labute approximate surface area is 219 Å². The second kappa shape index (κ2) is 8.85. The molecule has 206 valence electrons. The highest BCUT2D eigenvalue weighted by atomic mass is 19.4. The lowest BCUT2D eigenvalue weighted by Gasteiger charge is -2.23. The highest BCUT2D eigenvalue weighted by Gasteiger charge is 2.49. The van der Waals surface area contributed by atoms with Crippen LogP contribution >= 0.6 is 0 Å². The van der Waals surface area contributed by atoms with Crippen LogP contribution in [0.3, 0.4) is 0 Å². The molecule has 40 heavy (non-hydrogen) atoms. The molecule has 6 rings (SSSR count). The Morgan fingerprint density at radius 2 is 1.88 bits per heavy atom. The predicted octanol–water partition coefficient (Wildman–Crippen LogP) is 3.89. The normalized spacial score (nSPS) is 18.9. The lowest BCUT2D eigenvalue weighted by molar-refractivity contribution is -0.137. The summed E-state index contributed by atoms with van der Waals surface area (Å²) in [6, 6.07) is 3.11. The van der Waals surface area contributed by atoms with E-state index in [1.165, 1.54) is 29.2 Å². The third-order valence-electron chi connectivity index (χ3n) is 6.73. The van der Waals surface area contributed by atoms with E-state index in [1.54, 1.807) is 6.92 Å². The lowest BCUT2D eigenvalue weighted by atomic mass is 9.82. The molecule has 0 fully saturated rings. The average molecular weight is 562 g/mol. The molecule has 0 bridgehead atoms. The van der Waals surface area contributed by atoms with Gasteiger partial charge < -0.3 is 5.32 Å². The minimum absolute atomic E-state index is 0.0501. The molecule has 5 aromatic rings. The average Bonchev–Trinajstić information content (AvgIpc) is 3.68. The van der Waals surface area contributed by atoms with Gasteiger partial charge in [0.05, 0.1) is 47.0 Å². The number of rotatable bonds is 5. The minimum atomic E-state index is -4.85. The van der Waals surface area contributed by atoms with Gasteiger partial charge in [-0.1, -0.05) is 0 Å². The summed E-state index contributed by atoms with van der Waals surface area (Å²) in [4.78, 5) is 22.2. The summed E-state index contributed by atoms with van der Waals surface area (Å²) in [5.74, 6) is -3.21. The van der Waals surface area contributed by atoms with Gasteiger partial charge in [0.25, 0.3) is 0 Å². The molecule has 11 nitrogen and oxygen atoms in total. The van der Waals surface area contributed by atoms with E-state index in [0.717, 1.165) is 18.5 Å². The molecule has 0 radical (unpaired) electrons. The predicted molar refractivity (Wildman–Crippen MR) is 123 cm³/mol. The van der Waals surface area contributed by atoms with Crippen LogP contribution in [-0.4, -0.2) is 50.3 Å². The van der Waals surface area contributed by atoms with Gasteiger partial charge in [0.15, 0.2) is 11.5 Å². The van der Waals surface area contributed by atoms with Crippen LogP contribution in [0.4, 0.5) is 32.0 Å². The van der Waals surface area contributed by atoms with Crippen molar-refractivity contribution in [2.24, 2.45) is 0 Å². The molecular formula is C23H16F6N10O. The van der Waals surface area contributed by atoms with Crippen LogP contribution in [0.15, 0.2) is 49.2 Å². The van der Waals surface area contributed by atoms with Crippen LogP contribution in [0.5, 0.6) is 0 Å². The van der Waals surface area contributed by atoms with Crippen molar-refractivity contribution in [1.29, 1.82) is 0 Å². The van der Waals surface area contributed by atoms with Crippen LogP contribution in [0.2, 0.25) is 0 Å². The zero-order chi connectivity index (χ0) is 28.4. The number of anilines is 1. The van der Waals surface area contributed by atoms with E-state index in [4.69, 9.17) is 0 Å². The molecule has 5 aromatic heterocycles. The molecule has 1 amide bonds. The molecule has 0 spiro atoms. The molecule has 0 aromatic carbocycles. The van der Waals surface area contributed by atoms with Gasteiger partial charge in [-0.3, -0.25) is 4.79 Å². The van der Waals surface area contributed by atoms with Crippen molar-refractivity contribution in [2.75, 3.05) is 5.32 Å². The topological polar surface area (TPSA) is 121 Å². The molecule has 1 N–H and O–H groups in total. The third-order valence-corrected chi connectivity index (χ3v) is 6.73. The second-order valence-corrected chi connectivity index (χ2v) is 9.25. The molecule has 0 aliphatic heterocycles. The molecule has 0 saturated heterocycles. The summed E-state index contributed by atoms with van der Waals surface area (Å²) in [5.41, 5.74) is -1.83. The monoisotopic (exact) mass is 562 g/mol. The van der Waals surface area contributed by atoms with Crippen molar-refractivity contribution >= 4 is 17.2 Å². The Hall–Kier alpha value is -4.83. The Morgan fingerprint density at radius 1 is 1.12 bits per heavy atom. The second-order valence-electron chi connectivity index (χ2n) is 9.25. The number of alkyl halides is 5. The zero-order valence-electron chi connectivity index (χ0n) is 20.2. The number of halogens is 6.